The molecule has 2 aromatic rings. The molecular formula is C13H11BrO4. The molecular weight excluding hydrogens is 300 g/mol. The topological polar surface area (TPSA) is 48.7 Å². The Kier molecular flexibility index (Phi) is 3.72. The summed E-state index contributed by atoms with van der Waals surface area (Å²) < 4.78 is 16.0. The molecule has 18 heavy (non-hydrogen) atoms. The lowest BCUT2D eigenvalue weighted by Gasteiger charge is -2.10. The van der Waals surface area contributed by atoms with Gasteiger partial charge in [0.2, 0.25) is 0 Å². The van der Waals surface area contributed by atoms with Crippen molar-refractivity contribution in [3.63, 3.8) is 0 Å². The van der Waals surface area contributed by atoms with Crippen LogP contribution in [0.15, 0.2) is 39.4 Å². The SMILES string of the molecule is COC(=O)c1cc(Br)c(OC)cc1-c1ccco1. The van der Waals surface area contributed by atoms with E-state index in [1.165, 1.54) is 7.11 Å². The average molecular weight is 311 g/mol. The van der Waals surface area contributed by atoms with E-state index in [1.54, 1.807) is 37.6 Å². The lowest BCUT2D eigenvalue weighted by molar-refractivity contribution is 0.0601. The normalized spacial score (nSPS) is 10.2. The third kappa shape index (κ3) is 2.26. The van der Waals surface area contributed by atoms with Gasteiger partial charge in [-0.05, 0) is 40.2 Å². The molecule has 0 radical (unpaired) electrons. The summed E-state index contributed by atoms with van der Waals surface area (Å²) in [5, 5.41) is 0. The fourth-order valence-corrected chi connectivity index (χ4v) is 2.13. The minimum atomic E-state index is -0.426. The summed E-state index contributed by atoms with van der Waals surface area (Å²) >= 11 is 3.34. The van der Waals surface area contributed by atoms with Gasteiger partial charge < -0.3 is 13.9 Å². The van der Waals surface area contributed by atoms with E-state index in [-0.39, 0.29) is 0 Å². The van der Waals surface area contributed by atoms with E-state index >= 15 is 0 Å². The van der Waals surface area contributed by atoms with E-state index in [0.29, 0.717) is 27.1 Å². The van der Waals surface area contributed by atoms with E-state index in [4.69, 9.17) is 13.9 Å². The molecule has 4 nitrogen and oxygen atoms in total. The van der Waals surface area contributed by atoms with Gasteiger partial charge in [-0.25, -0.2) is 4.79 Å². The van der Waals surface area contributed by atoms with Gasteiger partial charge in [0.1, 0.15) is 11.5 Å². The summed E-state index contributed by atoms with van der Waals surface area (Å²) in [6.07, 6.45) is 1.55. The molecule has 0 saturated carbocycles. The molecule has 94 valence electrons. The molecule has 1 aromatic heterocycles. The molecule has 2 rings (SSSR count). The van der Waals surface area contributed by atoms with Crippen LogP contribution in [0.3, 0.4) is 0 Å². The second-order valence-electron chi connectivity index (χ2n) is 3.50. The Morgan fingerprint density at radius 2 is 2.11 bits per heavy atom. The fraction of sp³-hybridized carbons (Fsp3) is 0.154. The van der Waals surface area contributed by atoms with E-state index in [9.17, 15) is 4.79 Å². The number of hydrogen-bond donors (Lipinski definition) is 0. The van der Waals surface area contributed by atoms with Crippen LogP contribution < -0.4 is 4.74 Å². The first-order valence-corrected chi connectivity index (χ1v) is 5.96. The van der Waals surface area contributed by atoms with Gasteiger partial charge in [-0.2, -0.15) is 0 Å². The number of esters is 1. The monoisotopic (exact) mass is 310 g/mol. The van der Waals surface area contributed by atoms with Crippen molar-refractivity contribution >= 4 is 21.9 Å². The molecule has 1 aromatic carbocycles. The van der Waals surface area contributed by atoms with Crippen LogP contribution in [-0.2, 0) is 4.74 Å². The zero-order valence-electron chi connectivity index (χ0n) is 9.90. The van der Waals surface area contributed by atoms with Gasteiger partial charge in [-0.1, -0.05) is 0 Å². The van der Waals surface area contributed by atoms with Crippen molar-refractivity contribution < 1.29 is 18.7 Å². The van der Waals surface area contributed by atoms with Gasteiger partial charge in [-0.15, -0.1) is 0 Å². The number of carbonyl (C=O) groups excluding carboxylic acids is 1. The maximum atomic E-state index is 11.8. The Hall–Kier alpha value is -1.75. The van der Waals surface area contributed by atoms with Gasteiger partial charge in [0.05, 0.1) is 30.5 Å². The predicted octanol–water partition coefficient (Wildman–Crippen LogP) is 3.50. The third-order valence-electron chi connectivity index (χ3n) is 2.48. The molecule has 0 aliphatic heterocycles. The molecule has 0 bridgehead atoms. The molecule has 0 saturated heterocycles. The summed E-state index contributed by atoms with van der Waals surface area (Å²) in [5.74, 6) is 0.778. The van der Waals surface area contributed by atoms with Crippen LogP contribution in [0.4, 0.5) is 0 Å². The highest BCUT2D eigenvalue weighted by Crippen LogP contribution is 2.34. The van der Waals surface area contributed by atoms with Crippen molar-refractivity contribution in [3.8, 4) is 17.1 Å². The standard InChI is InChI=1S/C13H11BrO4/c1-16-12-7-8(11-4-3-5-18-11)9(6-10(12)14)13(15)17-2/h3-7H,1-2H3. The van der Waals surface area contributed by atoms with Gasteiger partial charge in [0.15, 0.2) is 0 Å². The Morgan fingerprint density at radius 3 is 2.67 bits per heavy atom. The van der Waals surface area contributed by atoms with Crippen molar-refractivity contribution in [1.29, 1.82) is 0 Å². The molecule has 1 heterocycles. The Balaban J connectivity index is 2.64. The quantitative estimate of drug-likeness (QED) is 0.814. The number of rotatable bonds is 3. The number of ether oxygens (including phenoxy) is 2. The smallest absolute Gasteiger partial charge is 0.338 e. The minimum absolute atomic E-state index is 0.417. The van der Waals surface area contributed by atoms with Crippen molar-refractivity contribution in [2.24, 2.45) is 0 Å². The largest absolute Gasteiger partial charge is 0.496 e. The van der Waals surface area contributed by atoms with Crippen LogP contribution in [0.5, 0.6) is 5.75 Å². The van der Waals surface area contributed by atoms with Gasteiger partial charge in [-0.3, -0.25) is 0 Å². The molecule has 0 aliphatic carbocycles. The van der Waals surface area contributed by atoms with Crippen molar-refractivity contribution in [2.75, 3.05) is 14.2 Å². The van der Waals surface area contributed by atoms with Crippen LogP contribution in [0, 0.1) is 0 Å². The van der Waals surface area contributed by atoms with E-state index in [0.717, 1.165) is 0 Å². The van der Waals surface area contributed by atoms with Gasteiger partial charge >= 0.3 is 5.97 Å². The van der Waals surface area contributed by atoms with Crippen LogP contribution >= 0.6 is 15.9 Å². The van der Waals surface area contributed by atoms with Crippen molar-refractivity contribution in [2.45, 2.75) is 0 Å². The molecule has 5 heteroatoms. The minimum Gasteiger partial charge on any atom is -0.496 e. The first-order valence-electron chi connectivity index (χ1n) is 5.17. The Labute approximate surface area is 113 Å². The molecule has 0 atom stereocenters. The molecule has 0 amide bonds. The van der Waals surface area contributed by atoms with Gasteiger partial charge in [0.25, 0.3) is 0 Å². The maximum Gasteiger partial charge on any atom is 0.338 e. The van der Waals surface area contributed by atoms with E-state index < -0.39 is 5.97 Å². The first-order chi connectivity index (χ1) is 8.67. The van der Waals surface area contributed by atoms with E-state index in [2.05, 4.69) is 15.9 Å². The molecule has 0 fully saturated rings. The highest BCUT2D eigenvalue weighted by Gasteiger charge is 2.18. The molecule has 0 unspecified atom stereocenters. The number of furan rings is 1. The third-order valence-corrected chi connectivity index (χ3v) is 3.10. The summed E-state index contributed by atoms with van der Waals surface area (Å²) in [5.41, 5.74) is 1.05. The number of methoxy groups -OCH3 is 2. The van der Waals surface area contributed by atoms with Crippen LogP contribution in [0.25, 0.3) is 11.3 Å². The Bertz CT molecular complexity index is 561. The van der Waals surface area contributed by atoms with Crippen LogP contribution in [0.2, 0.25) is 0 Å². The highest BCUT2D eigenvalue weighted by molar-refractivity contribution is 9.10. The zero-order chi connectivity index (χ0) is 13.1. The zero-order valence-corrected chi connectivity index (χ0v) is 11.5. The molecule has 0 aliphatic rings. The second kappa shape index (κ2) is 5.27. The predicted molar refractivity (Wildman–Crippen MR) is 69.7 cm³/mol. The lowest BCUT2D eigenvalue weighted by Crippen LogP contribution is -2.04. The Morgan fingerprint density at radius 1 is 1.33 bits per heavy atom. The van der Waals surface area contributed by atoms with Gasteiger partial charge in [0, 0.05) is 5.56 Å². The van der Waals surface area contributed by atoms with E-state index in [1.807, 2.05) is 0 Å². The summed E-state index contributed by atoms with van der Waals surface area (Å²) in [6.45, 7) is 0. The fourth-order valence-electron chi connectivity index (χ4n) is 1.62. The second-order valence-corrected chi connectivity index (χ2v) is 4.36. The van der Waals surface area contributed by atoms with Crippen molar-refractivity contribution in [1.82, 2.24) is 0 Å². The first kappa shape index (κ1) is 12.7. The number of hydrogen-bond acceptors (Lipinski definition) is 4. The van der Waals surface area contributed by atoms with Crippen molar-refractivity contribution in [3.05, 3.63) is 40.6 Å². The highest BCUT2D eigenvalue weighted by atomic mass is 79.9. The lowest BCUT2D eigenvalue weighted by atomic mass is 10.0. The van der Waals surface area contributed by atoms with Crippen LogP contribution in [-0.4, -0.2) is 20.2 Å². The summed E-state index contributed by atoms with van der Waals surface area (Å²) in [4.78, 5) is 11.8. The van der Waals surface area contributed by atoms with Crippen LogP contribution in [0.1, 0.15) is 10.4 Å². The number of benzene rings is 1. The molecule has 0 N–H and O–H groups in total. The average Bonchev–Trinajstić information content (AvgIpc) is 2.91. The summed E-state index contributed by atoms with van der Waals surface area (Å²) in [6, 6.07) is 6.91. The maximum absolute atomic E-state index is 11.8. The number of carbonyl (C=O) groups is 1. The molecule has 0 spiro atoms. The number of halogens is 1. The summed E-state index contributed by atoms with van der Waals surface area (Å²) in [7, 11) is 2.90.